The number of benzene rings is 1. The summed E-state index contributed by atoms with van der Waals surface area (Å²) in [6.45, 7) is 3.63. The van der Waals surface area contributed by atoms with Gasteiger partial charge in [-0.1, -0.05) is 12.1 Å². The number of hydrogen-bond acceptors (Lipinski definition) is 8. The molecule has 0 spiro atoms. The van der Waals surface area contributed by atoms with E-state index in [2.05, 4.69) is 5.32 Å². The third-order valence-electron chi connectivity index (χ3n) is 4.51. The Balaban J connectivity index is 2.47. The molecule has 1 saturated heterocycles. The minimum absolute atomic E-state index is 0.131. The Hall–Kier alpha value is -2.61. The Kier molecular flexibility index (Phi) is 7.18. The Labute approximate surface area is 158 Å². The molecule has 2 rings (SSSR count). The molecule has 2 unspecified atom stereocenters. The summed E-state index contributed by atoms with van der Waals surface area (Å²) < 4.78 is 20.3. The van der Waals surface area contributed by atoms with Crippen LogP contribution in [0.1, 0.15) is 25.5 Å². The summed E-state index contributed by atoms with van der Waals surface area (Å²) in [5, 5.41) is 3.06. The molecule has 8 heteroatoms. The van der Waals surface area contributed by atoms with Gasteiger partial charge in [0.25, 0.3) is 0 Å². The molecule has 1 aliphatic heterocycles. The number of rotatable bonds is 7. The van der Waals surface area contributed by atoms with Crippen LogP contribution in [0, 0.1) is 11.8 Å². The molecule has 0 aromatic heterocycles. The molecule has 0 bridgehead atoms. The van der Waals surface area contributed by atoms with Gasteiger partial charge in [0.15, 0.2) is 0 Å². The van der Waals surface area contributed by atoms with Crippen LogP contribution < -0.4 is 10.1 Å². The highest BCUT2D eigenvalue weighted by atomic mass is 16.5. The third-order valence-corrected chi connectivity index (χ3v) is 4.51. The van der Waals surface area contributed by atoms with Gasteiger partial charge in [0.1, 0.15) is 11.8 Å². The van der Waals surface area contributed by atoms with Crippen LogP contribution in [0.15, 0.2) is 24.3 Å². The summed E-state index contributed by atoms with van der Waals surface area (Å²) in [6.07, 6.45) is 0. The number of nitrogens with one attached hydrogen (secondary N) is 1. The normalized spacial score (nSPS) is 24.1. The van der Waals surface area contributed by atoms with Crippen LogP contribution in [0.4, 0.5) is 0 Å². The van der Waals surface area contributed by atoms with Gasteiger partial charge in [-0.05, 0) is 31.5 Å². The van der Waals surface area contributed by atoms with Gasteiger partial charge in [-0.15, -0.1) is 0 Å². The van der Waals surface area contributed by atoms with Crippen LogP contribution in [-0.4, -0.2) is 51.4 Å². The zero-order valence-corrected chi connectivity index (χ0v) is 15.9. The summed E-state index contributed by atoms with van der Waals surface area (Å²) in [5.41, 5.74) is 0.717. The highest BCUT2D eigenvalue weighted by molar-refractivity contribution is 5.91. The SMILES string of the molecule is CCOC(=O)C1C(C(=O)OCC)[C@H](c2ccc(OC)cc2)N[C@@H]1C(=O)OC. The lowest BCUT2D eigenvalue weighted by molar-refractivity contribution is -0.162. The van der Waals surface area contributed by atoms with Crippen molar-refractivity contribution in [2.45, 2.75) is 25.9 Å². The zero-order chi connectivity index (χ0) is 20.0. The third kappa shape index (κ3) is 4.39. The van der Waals surface area contributed by atoms with Crippen molar-refractivity contribution < 1.29 is 33.3 Å². The van der Waals surface area contributed by atoms with Crippen molar-refractivity contribution in [3.63, 3.8) is 0 Å². The minimum atomic E-state index is -1.05. The summed E-state index contributed by atoms with van der Waals surface area (Å²) >= 11 is 0. The molecular formula is C19H25NO7. The lowest BCUT2D eigenvalue weighted by Gasteiger charge is -2.22. The van der Waals surface area contributed by atoms with Crippen molar-refractivity contribution in [1.82, 2.24) is 5.32 Å². The molecule has 0 amide bonds. The highest BCUT2D eigenvalue weighted by Gasteiger charge is 2.55. The van der Waals surface area contributed by atoms with Crippen LogP contribution in [0.25, 0.3) is 0 Å². The van der Waals surface area contributed by atoms with Crippen LogP contribution in [0.2, 0.25) is 0 Å². The van der Waals surface area contributed by atoms with E-state index in [1.54, 1.807) is 45.2 Å². The van der Waals surface area contributed by atoms with E-state index >= 15 is 0 Å². The second-order valence-electron chi connectivity index (χ2n) is 5.97. The molecule has 1 aromatic carbocycles. The summed E-state index contributed by atoms with van der Waals surface area (Å²) in [5.74, 6) is -3.19. The number of hydrogen-bond donors (Lipinski definition) is 1. The molecule has 0 saturated carbocycles. The van der Waals surface area contributed by atoms with Crippen LogP contribution in [-0.2, 0) is 28.6 Å². The van der Waals surface area contributed by atoms with E-state index in [1.807, 2.05) is 0 Å². The topological polar surface area (TPSA) is 100 Å². The number of carbonyl (C=O) groups excluding carboxylic acids is 3. The fraction of sp³-hybridized carbons (Fsp3) is 0.526. The molecule has 1 N–H and O–H groups in total. The molecule has 1 aliphatic rings. The molecule has 27 heavy (non-hydrogen) atoms. The zero-order valence-electron chi connectivity index (χ0n) is 15.9. The van der Waals surface area contributed by atoms with Gasteiger partial charge in [0, 0.05) is 6.04 Å². The van der Waals surface area contributed by atoms with Crippen LogP contribution in [0.3, 0.4) is 0 Å². The lowest BCUT2D eigenvalue weighted by atomic mass is 9.84. The first-order chi connectivity index (χ1) is 13.0. The van der Waals surface area contributed by atoms with E-state index in [0.717, 1.165) is 5.56 Å². The van der Waals surface area contributed by atoms with Gasteiger partial charge in [-0.3, -0.25) is 19.7 Å². The van der Waals surface area contributed by atoms with Gasteiger partial charge in [0.05, 0.1) is 39.3 Å². The number of carbonyl (C=O) groups is 3. The predicted octanol–water partition coefficient (Wildman–Crippen LogP) is 1.24. The van der Waals surface area contributed by atoms with Gasteiger partial charge in [0.2, 0.25) is 0 Å². The maximum Gasteiger partial charge on any atom is 0.323 e. The largest absolute Gasteiger partial charge is 0.497 e. The molecule has 148 valence electrons. The van der Waals surface area contributed by atoms with Crippen molar-refractivity contribution in [1.29, 1.82) is 0 Å². The Morgan fingerprint density at radius 3 is 1.93 bits per heavy atom. The standard InChI is InChI=1S/C19H25NO7/c1-5-26-17(21)13-14(18(22)27-6-2)16(19(23)25-4)20-15(13)11-7-9-12(24-3)10-8-11/h7-10,13-16,20H,5-6H2,1-4H3/t13?,14?,15-,16-/m0/s1. The van der Waals surface area contributed by atoms with Crippen molar-refractivity contribution in [3.8, 4) is 5.75 Å². The first-order valence-electron chi connectivity index (χ1n) is 8.79. The lowest BCUT2D eigenvalue weighted by Crippen LogP contribution is -2.42. The van der Waals surface area contributed by atoms with E-state index < -0.39 is 41.8 Å². The summed E-state index contributed by atoms with van der Waals surface area (Å²) in [6, 6.07) is 5.38. The van der Waals surface area contributed by atoms with Crippen LogP contribution >= 0.6 is 0 Å². The van der Waals surface area contributed by atoms with Crippen LogP contribution in [0.5, 0.6) is 5.75 Å². The van der Waals surface area contributed by atoms with Gasteiger partial charge in [-0.2, -0.15) is 0 Å². The first-order valence-corrected chi connectivity index (χ1v) is 8.79. The molecule has 1 aromatic rings. The smallest absolute Gasteiger partial charge is 0.323 e. The predicted molar refractivity (Wildman–Crippen MR) is 94.9 cm³/mol. The molecule has 0 aliphatic carbocycles. The molecular weight excluding hydrogens is 354 g/mol. The Morgan fingerprint density at radius 2 is 1.44 bits per heavy atom. The second kappa shape index (κ2) is 9.36. The fourth-order valence-electron chi connectivity index (χ4n) is 3.31. The molecule has 0 radical (unpaired) electrons. The molecule has 1 fully saturated rings. The average molecular weight is 379 g/mol. The minimum Gasteiger partial charge on any atom is -0.497 e. The summed E-state index contributed by atoms with van der Waals surface area (Å²) in [7, 11) is 2.78. The van der Waals surface area contributed by atoms with E-state index in [4.69, 9.17) is 18.9 Å². The van der Waals surface area contributed by atoms with E-state index in [-0.39, 0.29) is 13.2 Å². The van der Waals surface area contributed by atoms with E-state index in [1.165, 1.54) is 7.11 Å². The quantitative estimate of drug-likeness (QED) is 0.558. The maximum atomic E-state index is 12.7. The van der Waals surface area contributed by atoms with Crippen molar-refractivity contribution in [2.24, 2.45) is 11.8 Å². The maximum absolute atomic E-state index is 12.7. The fourth-order valence-corrected chi connectivity index (χ4v) is 3.31. The average Bonchev–Trinajstić information content (AvgIpc) is 3.08. The Bertz CT molecular complexity index is 673. The van der Waals surface area contributed by atoms with Gasteiger partial charge < -0.3 is 18.9 Å². The Morgan fingerprint density at radius 1 is 0.889 bits per heavy atom. The first kappa shape index (κ1) is 20.7. The summed E-state index contributed by atoms with van der Waals surface area (Å²) in [4.78, 5) is 37.5. The van der Waals surface area contributed by atoms with Crippen molar-refractivity contribution in [2.75, 3.05) is 27.4 Å². The highest BCUT2D eigenvalue weighted by Crippen LogP contribution is 2.40. The van der Waals surface area contributed by atoms with Gasteiger partial charge >= 0.3 is 17.9 Å². The number of ether oxygens (including phenoxy) is 4. The second-order valence-corrected chi connectivity index (χ2v) is 5.97. The van der Waals surface area contributed by atoms with Crippen molar-refractivity contribution in [3.05, 3.63) is 29.8 Å². The van der Waals surface area contributed by atoms with Gasteiger partial charge in [-0.25, -0.2) is 0 Å². The molecule has 1 heterocycles. The monoisotopic (exact) mass is 379 g/mol. The molecule has 8 nitrogen and oxygen atoms in total. The number of methoxy groups -OCH3 is 2. The van der Waals surface area contributed by atoms with E-state index in [9.17, 15) is 14.4 Å². The molecule has 4 atom stereocenters. The van der Waals surface area contributed by atoms with E-state index in [0.29, 0.717) is 5.75 Å². The number of esters is 3. The van der Waals surface area contributed by atoms with Crippen molar-refractivity contribution >= 4 is 17.9 Å².